The lowest BCUT2D eigenvalue weighted by Gasteiger charge is -2.07. The monoisotopic (exact) mass is 239 g/mol. The third-order valence-electron chi connectivity index (χ3n) is 2.27. The highest BCUT2D eigenvalue weighted by atomic mass is 16.5. The summed E-state index contributed by atoms with van der Waals surface area (Å²) >= 11 is 0. The number of carbonyl (C=O) groups is 1. The molecule has 4 nitrogen and oxygen atoms in total. The second-order valence-corrected chi connectivity index (χ2v) is 4.20. The van der Waals surface area contributed by atoms with Gasteiger partial charge in [0.2, 0.25) is 5.91 Å². The molecule has 1 N–H and O–H groups in total. The maximum atomic E-state index is 11.4. The minimum absolute atomic E-state index is 0.0611. The fourth-order valence-electron chi connectivity index (χ4n) is 1.40. The fraction of sp³-hybridized carbons (Fsp3) is 0.615. The van der Waals surface area contributed by atoms with E-state index in [1.807, 2.05) is 26.0 Å². The number of aryl methyl sites for hydroxylation is 1. The first kappa shape index (κ1) is 13.8. The Kier molecular flexibility index (Phi) is 6.40. The van der Waals surface area contributed by atoms with E-state index in [-0.39, 0.29) is 12.0 Å². The molecule has 0 bridgehead atoms. The number of amides is 1. The van der Waals surface area contributed by atoms with Gasteiger partial charge in [-0.3, -0.25) is 4.79 Å². The Morgan fingerprint density at radius 2 is 2.35 bits per heavy atom. The molecule has 0 fully saturated rings. The van der Waals surface area contributed by atoms with E-state index >= 15 is 0 Å². The van der Waals surface area contributed by atoms with E-state index in [4.69, 9.17) is 9.15 Å². The zero-order valence-electron chi connectivity index (χ0n) is 10.6. The lowest BCUT2D eigenvalue weighted by atomic mass is 10.2. The molecule has 0 atom stereocenters. The highest BCUT2D eigenvalue weighted by Gasteiger charge is 2.03. The third kappa shape index (κ3) is 6.79. The first-order valence-corrected chi connectivity index (χ1v) is 6.09. The van der Waals surface area contributed by atoms with E-state index in [0.29, 0.717) is 26.0 Å². The molecule has 0 spiro atoms. The molecule has 0 aliphatic heterocycles. The van der Waals surface area contributed by atoms with Gasteiger partial charge in [-0.2, -0.15) is 0 Å². The zero-order chi connectivity index (χ0) is 12.5. The van der Waals surface area contributed by atoms with Crippen LogP contribution in [0.1, 0.15) is 32.4 Å². The first-order chi connectivity index (χ1) is 8.18. The second kappa shape index (κ2) is 7.90. The topological polar surface area (TPSA) is 51.5 Å². The summed E-state index contributed by atoms with van der Waals surface area (Å²) in [6.45, 7) is 5.36. The molecular formula is C13H21NO3. The highest BCUT2D eigenvalue weighted by molar-refractivity contribution is 5.75. The lowest BCUT2D eigenvalue weighted by Crippen LogP contribution is -2.25. The molecule has 1 amide bonds. The lowest BCUT2D eigenvalue weighted by molar-refractivity contribution is -0.121. The third-order valence-corrected chi connectivity index (χ3v) is 2.27. The van der Waals surface area contributed by atoms with Gasteiger partial charge in [-0.05, 0) is 32.4 Å². The number of hydrogen-bond donors (Lipinski definition) is 1. The van der Waals surface area contributed by atoms with E-state index in [9.17, 15) is 4.79 Å². The van der Waals surface area contributed by atoms with Gasteiger partial charge < -0.3 is 14.5 Å². The predicted molar refractivity (Wildman–Crippen MR) is 65.7 cm³/mol. The number of ether oxygens (including phenoxy) is 1. The molecule has 96 valence electrons. The molecule has 4 heteroatoms. The Morgan fingerprint density at radius 3 is 3.00 bits per heavy atom. The Balaban J connectivity index is 1.98. The number of hydrogen-bond acceptors (Lipinski definition) is 3. The molecule has 0 radical (unpaired) electrons. The molecule has 1 heterocycles. The van der Waals surface area contributed by atoms with Crippen LogP contribution in [0.5, 0.6) is 0 Å². The van der Waals surface area contributed by atoms with Crippen LogP contribution in [0.2, 0.25) is 0 Å². The summed E-state index contributed by atoms with van der Waals surface area (Å²) < 4.78 is 10.5. The Bertz CT molecular complexity index is 306. The van der Waals surface area contributed by atoms with Crippen LogP contribution < -0.4 is 5.32 Å². The van der Waals surface area contributed by atoms with Crippen molar-refractivity contribution in [1.29, 1.82) is 0 Å². The van der Waals surface area contributed by atoms with E-state index in [1.165, 1.54) is 0 Å². The molecule has 0 unspecified atom stereocenters. The highest BCUT2D eigenvalue weighted by Crippen LogP contribution is 2.03. The van der Waals surface area contributed by atoms with Crippen LogP contribution in [-0.2, 0) is 16.0 Å². The van der Waals surface area contributed by atoms with Crippen molar-refractivity contribution in [3.63, 3.8) is 0 Å². The van der Waals surface area contributed by atoms with Gasteiger partial charge >= 0.3 is 0 Å². The van der Waals surface area contributed by atoms with Crippen molar-refractivity contribution in [2.45, 2.75) is 39.2 Å². The number of furan rings is 1. The summed E-state index contributed by atoms with van der Waals surface area (Å²) in [5, 5.41) is 2.86. The number of nitrogens with one attached hydrogen (secondary N) is 1. The van der Waals surface area contributed by atoms with Crippen molar-refractivity contribution in [2.75, 3.05) is 13.2 Å². The quantitative estimate of drug-likeness (QED) is 0.707. The fourth-order valence-corrected chi connectivity index (χ4v) is 1.40. The van der Waals surface area contributed by atoms with Gasteiger partial charge in [-0.15, -0.1) is 0 Å². The van der Waals surface area contributed by atoms with Crippen LogP contribution in [-0.4, -0.2) is 25.2 Å². The maximum Gasteiger partial charge on any atom is 0.220 e. The maximum absolute atomic E-state index is 11.4. The van der Waals surface area contributed by atoms with Crippen molar-refractivity contribution in [2.24, 2.45) is 0 Å². The van der Waals surface area contributed by atoms with Crippen molar-refractivity contribution in [3.8, 4) is 0 Å². The summed E-state index contributed by atoms with van der Waals surface area (Å²) in [6, 6.07) is 3.71. The van der Waals surface area contributed by atoms with Crippen molar-refractivity contribution in [1.82, 2.24) is 5.32 Å². The molecule has 0 aliphatic carbocycles. The van der Waals surface area contributed by atoms with Crippen LogP contribution in [0.25, 0.3) is 0 Å². The Hall–Kier alpha value is -1.29. The average molecular weight is 239 g/mol. The average Bonchev–Trinajstić information content (AvgIpc) is 2.78. The molecule has 1 aromatic heterocycles. The molecule has 1 aromatic rings. The molecule has 0 aliphatic rings. The van der Waals surface area contributed by atoms with Crippen LogP contribution in [0, 0.1) is 0 Å². The van der Waals surface area contributed by atoms with Gasteiger partial charge in [0.25, 0.3) is 0 Å². The zero-order valence-corrected chi connectivity index (χ0v) is 10.6. The second-order valence-electron chi connectivity index (χ2n) is 4.20. The minimum Gasteiger partial charge on any atom is -0.469 e. The largest absolute Gasteiger partial charge is 0.469 e. The van der Waals surface area contributed by atoms with Crippen LogP contribution in [0.4, 0.5) is 0 Å². The van der Waals surface area contributed by atoms with Gasteiger partial charge in [0.1, 0.15) is 5.76 Å². The Morgan fingerprint density at radius 1 is 1.53 bits per heavy atom. The number of rotatable bonds is 8. The molecule has 0 saturated carbocycles. The van der Waals surface area contributed by atoms with Gasteiger partial charge in [0.15, 0.2) is 0 Å². The molecule has 0 saturated heterocycles. The molecular weight excluding hydrogens is 218 g/mol. The summed E-state index contributed by atoms with van der Waals surface area (Å²) in [4.78, 5) is 11.4. The van der Waals surface area contributed by atoms with Gasteiger partial charge in [-0.1, -0.05) is 0 Å². The van der Waals surface area contributed by atoms with Crippen molar-refractivity contribution >= 4 is 5.91 Å². The summed E-state index contributed by atoms with van der Waals surface area (Å²) in [6.07, 6.45) is 3.85. The van der Waals surface area contributed by atoms with Crippen LogP contribution in [0.3, 0.4) is 0 Å². The summed E-state index contributed by atoms with van der Waals surface area (Å²) in [5.41, 5.74) is 0. The smallest absolute Gasteiger partial charge is 0.220 e. The van der Waals surface area contributed by atoms with Crippen LogP contribution in [0.15, 0.2) is 22.8 Å². The van der Waals surface area contributed by atoms with E-state index in [2.05, 4.69) is 5.32 Å². The standard InChI is InChI=1S/C13H21NO3/c1-11(2)16-10-4-8-14-13(15)7-6-12-5-3-9-17-12/h3,5,9,11H,4,6-8,10H2,1-2H3,(H,14,15). The first-order valence-electron chi connectivity index (χ1n) is 6.09. The molecule has 0 aromatic carbocycles. The minimum atomic E-state index is 0.0611. The van der Waals surface area contributed by atoms with Crippen LogP contribution >= 0.6 is 0 Å². The van der Waals surface area contributed by atoms with Gasteiger partial charge in [0, 0.05) is 26.0 Å². The molecule has 17 heavy (non-hydrogen) atoms. The van der Waals surface area contributed by atoms with Crippen molar-refractivity contribution < 1.29 is 13.9 Å². The summed E-state index contributed by atoms with van der Waals surface area (Å²) in [7, 11) is 0. The summed E-state index contributed by atoms with van der Waals surface area (Å²) in [5.74, 6) is 0.911. The van der Waals surface area contributed by atoms with E-state index in [1.54, 1.807) is 6.26 Å². The van der Waals surface area contributed by atoms with E-state index < -0.39 is 0 Å². The number of carbonyl (C=O) groups excluding carboxylic acids is 1. The normalized spacial score (nSPS) is 10.8. The predicted octanol–water partition coefficient (Wildman–Crippen LogP) is 2.14. The van der Waals surface area contributed by atoms with E-state index in [0.717, 1.165) is 12.2 Å². The van der Waals surface area contributed by atoms with Gasteiger partial charge in [-0.25, -0.2) is 0 Å². The molecule has 1 rings (SSSR count). The van der Waals surface area contributed by atoms with Gasteiger partial charge in [0.05, 0.1) is 12.4 Å². The van der Waals surface area contributed by atoms with Crippen molar-refractivity contribution in [3.05, 3.63) is 24.2 Å². The Labute approximate surface area is 102 Å². The SMILES string of the molecule is CC(C)OCCCNC(=O)CCc1ccco1.